The summed E-state index contributed by atoms with van der Waals surface area (Å²) in [6, 6.07) is 8.64. The van der Waals surface area contributed by atoms with Gasteiger partial charge in [-0.05, 0) is 36.4 Å². The molecule has 0 bridgehead atoms. The first-order chi connectivity index (χ1) is 10.6. The van der Waals surface area contributed by atoms with Gasteiger partial charge in [-0.25, -0.2) is 8.42 Å². The van der Waals surface area contributed by atoms with E-state index in [1.165, 1.54) is 24.3 Å². The molecule has 2 aromatic rings. The number of anilines is 1. The lowest BCUT2D eigenvalue weighted by Gasteiger charge is -2.11. The lowest BCUT2D eigenvalue weighted by molar-refractivity contribution is -0.137. The van der Waals surface area contributed by atoms with Gasteiger partial charge in [0.1, 0.15) is 0 Å². The molecule has 0 atom stereocenters. The fraction of sp³-hybridized carbons (Fsp3) is 0.0714. The highest BCUT2D eigenvalue weighted by Gasteiger charge is 2.31. The number of carbonyl (C=O) groups is 1. The van der Waals surface area contributed by atoms with Gasteiger partial charge in [-0.3, -0.25) is 9.52 Å². The lowest BCUT2D eigenvalue weighted by Crippen LogP contribution is -2.16. The van der Waals surface area contributed by atoms with Crippen LogP contribution < -0.4 is 10.5 Å². The molecule has 0 aliphatic rings. The molecule has 2 aromatic carbocycles. The number of alkyl halides is 3. The first kappa shape index (κ1) is 16.8. The number of hydrogen-bond acceptors (Lipinski definition) is 3. The number of amides is 1. The van der Waals surface area contributed by atoms with Crippen LogP contribution in [0.4, 0.5) is 18.9 Å². The predicted octanol–water partition coefficient (Wildman–Crippen LogP) is 2.61. The van der Waals surface area contributed by atoms with Crippen LogP contribution >= 0.6 is 0 Å². The molecule has 0 unspecified atom stereocenters. The highest BCUT2D eigenvalue weighted by atomic mass is 32.2. The largest absolute Gasteiger partial charge is 0.416 e. The minimum Gasteiger partial charge on any atom is -0.366 e. The van der Waals surface area contributed by atoms with E-state index in [1.54, 1.807) is 0 Å². The molecule has 0 radical (unpaired) electrons. The summed E-state index contributed by atoms with van der Waals surface area (Å²) >= 11 is 0. The Hall–Kier alpha value is -2.55. The zero-order valence-corrected chi connectivity index (χ0v) is 12.3. The van der Waals surface area contributed by atoms with Crippen LogP contribution in [0.2, 0.25) is 0 Å². The molecule has 0 saturated carbocycles. The van der Waals surface area contributed by atoms with Crippen LogP contribution in [0, 0.1) is 0 Å². The van der Waals surface area contributed by atoms with Crippen LogP contribution in [0.1, 0.15) is 15.9 Å². The van der Waals surface area contributed by atoms with Crippen LogP contribution in [-0.2, 0) is 16.2 Å². The third-order valence-electron chi connectivity index (χ3n) is 2.87. The molecular weight excluding hydrogens is 333 g/mol. The summed E-state index contributed by atoms with van der Waals surface area (Å²) in [6.45, 7) is 0. The zero-order valence-electron chi connectivity index (χ0n) is 11.5. The van der Waals surface area contributed by atoms with Crippen molar-refractivity contribution in [3.05, 3.63) is 59.7 Å². The van der Waals surface area contributed by atoms with Crippen molar-refractivity contribution < 1.29 is 26.4 Å². The van der Waals surface area contributed by atoms with Crippen LogP contribution in [0.15, 0.2) is 53.4 Å². The van der Waals surface area contributed by atoms with Crippen LogP contribution in [0.25, 0.3) is 0 Å². The van der Waals surface area contributed by atoms with Crippen molar-refractivity contribution in [2.75, 3.05) is 4.72 Å². The van der Waals surface area contributed by atoms with Gasteiger partial charge in [0, 0.05) is 11.3 Å². The average Bonchev–Trinajstić information content (AvgIpc) is 2.46. The van der Waals surface area contributed by atoms with E-state index >= 15 is 0 Å². The lowest BCUT2D eigenvalue weighted by atomic mass is 10.2. The molecule has 122 valence electrons. The Bertz CT molecular complexity index is 848. The van der Waals surface area contributed by atoms with E-state index in [2.05, 4.69) is 4.72 Å². The van der Waals surface area contributed by atoms with Crippen molar-refractivity contribution in [1.29, 1.82) is 0 Å². The van der Waals surface area contributed by atoms with Crippen molar-refractivity contribution in [3.8, 4) is 0 Å². The SMILES string of the molecule is NC(=O)c1cccc(NS(=O)(=O)c2cccc(C(F)(F)F)c2)c1. The maximum atomic E-state index is 12.7. The molecule has 5 nitrogen and oxygen atoms in total. The summed E-state index contributed by atoms with van der Waals surface area (Å²) in [5, 5.41) is 0. The third kappa shape index (κ3) is 4.01. The summed E-state index contributed by atoms with van der Waals surface area (Å²) in [6.07, 6.45) is -4.66. The smallest absolute Gasteiger partial charge is 0.366 e. The van der Waals surface area contributed by atoms with E-state index in [4.69, 9.17) is 5.73 Å². The predicted molar refractivity (Wildman–Crippen MR) is 77.2 cm³/mol. The molecule has 0 spiro atoms. The summed E-state index contributed by atoms with van der Waals surface area (Å²) in [5.41, 5.74) is 4.08. The standard InChI is InChI=1S/C14H11F3N2O3S/c15-14(16,17)10-4-2-6-12(8-10)23(21,22)19-11-5-1-3-9(7-11)13(18)20/h1-8,19H,(H2,18,20). The van der Waals surface area contributed by atoms with Gasteiger partial charge in [0.05, 0.1) is 10.5 Å². The number of sulfonamides is 1. The van der Waals surface area contributed by atoms with Gasteiger partial charge in [-0.15, -0.1) is 0 Å². The van der Waals surface area contributed by atoms with E-state index in [0.29, 0.717) is 6.07 Å². The van der Waals surface area contributed by atoms with E-state index in [0.717, 1.165) is 18.2 Å². The van der Waals surface area contributed by atoms with E-state index in [1.807, 2.05) is 0 Å². The molecule has 0 aromatic heterocycles. The second-order valence-electron chi connectivity index (χ2n) is 4.58. The number of hydrogen-bond donors (Lipinski definition) is 2. The molecule has 2 rings (SSSR count). The fourth-order valence-electron chi connectivity index (χ4n) is 1.79. The average molecular weight is 344 g/mol. The highest BCUT2D eigenvalue weighted by Crippen LogP contribution is 2.30. The third-order valence-corrected chi connectivity index (χ3v) is 4.25. The molecule has 0 heterocycles. The Morgan fingerprint density at radius 3 is 2.30 bits per heavy atom. The number of benzene rings is 2. The van der Waals surface area contributed by atoms with E-state index in [9.17, 15) is 26.4 Å². The molecule has 23 heavy (non-hydrogen) atoms. The van der Waals surface area contributed by atoms with Gasteiger partial charge >= 0.3 is 6.18 Å². The maximum absolute atomic E-state index is 12.7. The summed E-state index contributed by atoms with van der Waals surface area (Å²) in [7, 11) is -4.24. The minimum atomic E-state index is -4.66. The van der Waals surface area contributed by atoms with Gasteiger partial charge in [-0.1, -0.05) is 12.1 Å². The maximum Gasteiger partial charge on any atom is 0.416 e. The second-order valence-corrected chi connectivity index (χ2v) is 6.26. The number of rotatable bonds is 4. The first-order valence-corrected chi connectivity index (χ1v) is 7.68. The van der Waals surface area contributed by atoms with E-state index in [-0.39, 0.29) is 11.3 Å². The Balaban J connectivity index is 2.36. The van der Waals surface area contributed by atoms with Gasteiger partial charge in [0.2, 0.25) is 5.91 Å². The molecule has 0 aliphatic heterocycles. The number of nitrogens with one attached hydrogen (secondary N) is 1. The van der Waals surface area contributed by atoms with Gasteiger partial charge in [0.15, 0.2) is 0 Å². The molecule has 0 aliphatic carbocycles. The van der Waals surface area contributed by atoms with Crippen LogP contribution in [-0.4, -0.2) is 14.3 Å². The number of halogens is 3. The van der Waals surface area contributed by atoms with Crippen molar-refractivity contribution in [2.24, 2.45) is 5.73 Å². The Labute approximate surface area is 130 Å². The molecule has 0 saturated heterocycles. The normalized spacial score (nSPS) is 12.0. The monoisotopic (exact) mass is 344 g/mol. The van der Waals surface area contributed by atoms with Gasteiger partial charge in [-0.2, -0.15) is 13.2 Å². The second kappa shape index (κ2) is 5.92. The summed E-state index contributed by atoms with van der Waals surface area (Å²) in [5.74, 6) is -0.759. The number of primary amides is 1. The topological polar surface area (TPSA) is 89.3 Å². The Morgan fingerprint density at radius 1 is 1.04 bits per heavy atom. The molecule has 1 amide bonds. The first-order valence-electron chi connectivity index (χ1n) is 6.19. The fourth-order valence-corrected chi connectivity index (χ4v) is 2.88. The van der Waals surface area contributed by atoms with Crippen molar-refractivity contribution in [1.82, 2.24) is 0 Å². The quantitative estimate of drug-likeness (QED) is 0.893. The summed E-state index contributed by atoms with van der Waals surface area (Å²) < 4.78 is 64.4. The molecule has 3 N–H and O–H groups in total. The van der Waals surface area contributed by atoms with Crippen molar-refractivity contribution in [2.45, 2.75) is 11.1 Å². The molecule has 0 fully saturated rings. The number of carbonyl (C=O) groups excluding carboxylic acids is 1. The minimum absolute atomic E-state index is 0.0127. The molecular formula is C14H11F3N2O3S. The molecule has 9 heteroatoms. The Morgan fingerprint density at radius 2 is 1.70 bits per heavy atom. The van der Waals surface area contributed by atoms with Crippen molar-refractivity contribution in [3.63, 3.8) is 0 Å². The number of nitrogens with two attached hydrogens (primary N) is 1. The van der Waals surface area contributed by atoms with Crippen LogP contribution in [0.5, 0.6) is 0 Å². The Kier molecular flexibility index (Phi) is 4.33. The summed E-state index contributed by atoms with van der Waals surface area (Å²) in [4.78, 5) is 10.5. The zero-order chi connectivity index (χ0) is 17.3. The van der Waals surface area contributed by atoms with Gasteiger partial charge in [0.25, 0.3) is 10.0 Å². The van der Waals surface area contributed by atoms with Crippen LogP contribution in [0.3, 0.4) is 0 Å². The van der Waals surface area contributed by atoms with Gasteiger partial charge < -0.3 is 5.73 Å². The van der Waals surface area contributed by atoms with Crippen molar-refractivity contribution >= 4 is 21.6 Å². The highest BCUT2D eigenvalue weighted by molar-refractivity contribution is 7.92. The van der Waals surface area contributed by atoms with E-state index < -0.39 is 32.6 Å².